The summed E-state index contributed by atoms with van der Waals surface area (Å²) in [4.78, 5) is 51.8. The summed E-state index contributed by atoms with van der Waals surface area (Å²) in [5.41, 5.74) is 6.76. The molecular formula is C25H28ClN5O6. The lowest BCUT2D eigenvalue weighted by Gasteiger charge is -2.45. The van der Waals surface area contributed by atoms with Crippen LogP contribution in [0.15, 0.2) is 42.5 Å². The normalized spacial score (nSPS) is 19.2. The fraction of sp³-hybridized carbons (Fsp3) is 0.360. The number of hydrogen-bond acceptors (Lipinski definition) is 7. The molecule has 2 atom stereocenters. The fourth-order valence-corrected chi connectivity index (χ4v) is 4.82. The van der Waals surface area contributed by atoms with E-state index in [1.54, 1.807) is 35.2 Å². The number of halogens is 1. The molecule has 0 aromatic heterocycles. The largest absolute Gasteiger partial charge is 0.453 e. The average molecular weight is 530 g/mol. The molecule has 1 fully saturated rings. The molecule has 0 bridgehead atoms. The Hall–Kier alpha value is -3.83. The molecule has 1 saturated heterocycles. The number of nitrogens with one attached hydrogen (secondary N) is 3. The van der Waals surface area contributed by atoms with Crippen LogP contribution in [-0.2, 0) is 19.9 Å². The Morgan fingerprint density at radius 3 is 2.70 bits per heavy atom. The monoisotopic (exact) mass is 529 g/mol. The number of hydrogen-bond donors (Lipinski definition) is 4. The molecule has 2 aliphatic rings. The summed E-state index contributed by atoms with van der Waals surface area (Å²) in [6.45, 7) is 0.735. The van der Waals surface area contributed by atoms with Crippen LogP contribution in [0.3, 0.4) is 0 Å². The van der Waals surface area contributed by atoms with Crippen molar-refractivity contribution >= 4 is 47.0 Å². The van der Waals surface area contributed by atoms with Gasteiger partial charge in [0.25, 0.3) is 5.91 Å². The van der Waals surface area contributed by atoms with E-state index in [0.717, 1.165) is 0 Å². The molecule has 12 heteroatoms. The van der Waals surface area contributed by atoms with E-state index >= 15 is 0 Å². The van der Waals surface area contributed by atoms with Crippen molar-refractivity contribution in [3.05, 3.63) is 58.6 Å². The van der Waals surface area contributed by atoms with Crippen molar-refractivity contribution in [2.45, 2.75) is 30.9 Å². The maximum absolute atomic E-state index is 13.6. The Bertz CT molecular complexity index is 1210. The molecule has 2 heterocycles. The van der Waals surface area contributed by atoms with Crippen LogP contribution in [0.4, 0.5) is 21.0 Å². The van der Waals surface area contributed by atoms with E-state index in [2.05, 4.69) is 20.7 Å². The summed E-state index contributed by atoms with van der Waals surface area (Å²) in [5, 5.41) is 8.44. The lowest BCUT2D eigenvalue weighted by molar-refractivity contribution is -0.141. The minimum absolute atomic E-state index is 0.122. The van der Waals surface area contributed by atoms with Gasteiger partial charge < -0.3 is 25.4 Å². The average Bonchev–Trinajstić information content (AvgIpc) is 2.89. The molecule has 2 aliphatic heterocycles. The van der Waals surface area contributed by atoms with E-state index < -0.39 is 29.7 Å². The molecule has 2 aromatic rings. The fourth-order valence-electron chi connectivity index (χ4n) is 4.64. The zero-order valence-corrected chi connectivity index (χ0v) is 21.0. The maximum Gasteiger partial charge on any atom is 0.412 e. The third-order valence-corrected chi connectivity index (χ3v) is 6.64. The number of benzene rings is 2. The minimum Gasteiger partial charge on any atom is -0.453 e. The quantitative estimate of drug-likeness (QED) is 0.448. The van der Waals surface area contributed by atoms with E-state index in [1.807, 2.05) is 0 Å². The van der Waals surface area contributed by atoms with Crippen LogP contribution in [0.25, 0.3) is 0 Å². The highest BCUT2D eigenvalue weighted by Gasteiger charge is 2.47. The van der Waals surface area contributed by atoms with Crippen LogP contribution in [0.5, 0.6) is 0 Å². The van der Waals surface area contributed by atoms with Crippen molar-refractivity contribution in [2.24, 2.45) is 5.73 Å². The summed E-state index contributed by atoms with van der Waals surface area (Å²) in [6, 6.07) is 10.4. The number of piperidine rings is 1. The van der Waals surface area contributed by atoms with Crippen molar-refractivity contribution in [1.82, 2.24) is 10.2 Å². The van der Waals surface area contributed by atoms with E-state index in [4.69, 9.17) is 22.1 Å². The number of likely N-dealkylation sites (tertiary alicyclic amines) is 1. The first-order valence-electron chi connectivity index (χ1n) is 11.8. The zero-order chi connectivity index (χ0) is 26.6. The number of nitrogens with zero attached hydrogens (tertiary/aromatic N) is 1. The van der Waals surface area contributed by atoms with Gasteiger partial charge in [0.2, 0.25) is 5.91 Å². The molecule has 1 spiro atoms. The van der Waals surface area contributed by atoms with Gasteiger partial charge in [0.1, 0.15) is 6.04 Å². The van der Waals surface area contributed by atoms with Crippen LogP contribution in [0.1, 0.15) is 35.2 Å². The van der Waals surface area contributed by atoms with Crippen LogP contribution in [0.2, 0.25) is 5.02 Å². The molecule has 4 amide bonds. The lowest BCUT2D eigenvalue weighted by Crippen LogP contribution is -2.57. The van der Waals surface area contributed by atoms with Gasteiger partial charge in [-0.15, -0.1) is 0 Å². The van der Waals surface area contributed by atoms with Gasteiger partial charge in [0.15, 0.2) is 5.60 Å². The first-order chi connectivity index (χ1) is 17.7. The number of ether oxygens (including phenoxy) is 2. The number of amides is 4. The van der Waals surface area contributed by atoms with E-state index in [1.165, 1.54) is 19.2 Å². The van der Waals surface area contributed by atoms with Gasteiger partial charge in [0, 0.05) is 28.4 Å². The molecule has 196 valence electrons. The summed E-state index contributed by atoms with van der Waals surface area (Å²) in [5.74, 6) is -0.784. The molecule has 11 nitrogen and oxygen atoms in total. The number of methoxy groups -OCH3 is 1. The van der Waals surface area contributed by atoms with Gasteiger partial charge in [-0.1, -0.05) is 11.6 Å². The Morgan fingerprint density at radius 2 is 2.00 bits per heavy atom. The Labute approximate surface area is 218 Å². The minimum atomic E-state index is -1.05. The second kappa shape index (κ2) is 11.1. The predicted octanol–water partition coefficient (Wildman–Crippen LogP) is 3.05. The molecule has 0 aliphatic carbocycles. The highest BCUT2D eigenvalue weighted by Crippen LogP contribution is 2.43. The topological polar surface area (TPSA) is 152 Å². The Kier molecular flexibility index (Phi) is 7.84. The Morgan fingerprint density at radius 1 is 1.24 bits per heavy atom. The number of fused-ring (bicyclic) bond motifs is 2. The van der Waals surface area contributed by atoms with Gasteiger partial charge in [-0.25, -0.2) is 9.59 Å². The van der Waals surface area contributed by atoms with Crippen molar-refractivity contribution in [3.8, 4) is 0 Å². The molecule has 0 radical (unpaired) electrons. The molecule has 2 aromatic carbocycles. The SMILES string of the molecule is COC(=O)Nc1ccc(C(=O)N[C@@H](CCN)C(=O)N2CCC[C@@]3(C2)OC(=O)Nc2ccc(Cl)cc23)cc1. The third kappa shape index (κ3) is 5.78. The molecule has 0 saturated carbocycles. The van der Waals surface area contributed by atoms with E-state index in [9.17, 15) is 19.2 Å². The maximum atomic E-state index is 13.6. The number of anilines is 2. The number of nitrogens with two attached hydrogens (primary N) is 1. The number of rotatable bonds is 6. The van der Waals surface area contributed by atoms with Crippen molar-refractivity contribution in [3.63, 3.8) is 0 Å². The van der Waals surface area contributed by atoms with Crippen molar-refractivity contribution in [1.29, 1.82) is 0 Å². The van der Waals surface area contributed by atoms with Crippen LogP contribution in [-0.4, -0.2) is 61.7 Å². The van der Waals surface area contributed by atoms with Crippen LogP contribution >= 0.6 is 11.6 Å². The second-order valence-corrected chi connectivity index (χ2v) is 9.30. The summed E-state index contributed by atoms with van der Waals surface area (Å²) in [7, 11) is 1.25. The first kappa shape index (κ1) is 26.2. The molecule has 37 heavy (non-hydrogen) atoms. The summed E-state index contributed by atoms with van der Waals surface area (Å²) in [6.07, 6.45) is 0.107. The van der Waals surface area contributed by atoms with Crippen LogP contribution < -0.4 is 21.7 Å². The highest BCUT2D eigenvalue weighted by molar-refractivity contribution is 6.30. The van der Waals surface area contributed by atoms with Gasteiger partial charge in [-0.05, 0) is 68.3 Å². The number of carbonyl (C=O) groups is 4. The van der Waals surface area contributed by atoms with Gasteiger partial charge in [-0.2, -0.15) is 0 Å². The van der Waals surface area contributed by atoms with Crippen molar-refractivity contribution < 1.29 is 28.7 Å². The van der Waals surface area contributed by atoms with Crippen molar-refractivity contribution in [2.75, 3.05) is 37.4 Å². The van der Waals surface area contributed by atoms with E-state index in [-0.39, 0.29) is 25.4 Å². The van der Waals surface area contributed by atoms with E-state index in [0.29, 0.717) is 46.9 Å². The Balaban J connectivity index is 1.50. The highest BCUT2D eigenvalue weighted by atomic mass is 35.5. The second-order valence-electron chi connectivity index (χ2n) is 8.86. The first-order valence-corrected chi connectivity index (χ1v) is 12.2. The van der Waals surface area contributed by atoms with Gasteiger partial charge >= 0.3 is 12.2 Å². The van der Waals surface area contributed by atoms with Gasteiger partial charge in [0.05, 0.1) is 19.3 Å². The zero-order valence-electron chi connectivity index (χ0n) is 20.2. The standard InChI is InChI=1S/C25H28ClN5O6/c1-36-23(34)28-17-6-3-15(4-7-17)21(32)29-20(9-11-27)22(33)31-12-2-10-25(14-31)18-13-16(26)5-8-19(18)30-24(35)37-25/h3-8,13,20H,2,9-12,14,27H2,1H3,(H,28,34)(H,29,32)(H,30,35)/t20-,25-/m0/s1. The molecule has 5 N–H and O–H groups in total. The lowest BCUT2D eigenvalue weighted by atomic mass is 9.83. The summed E-state index contributed by atoms with van der Waals surface area (Å²) >= 11 is 6.23. The predicted molar refractivity (Wildman–Crippen MR) is 136 cm³/mol. The van der Waals surface area contributed by atoms with Crippen LogP contribution in [0, 0.1) is 0 Å². The smallest absolute Gasteiger partial charge is 0.412 e. The third-order valence-electron chi connectivity index (χ3n) is 6.40. The molecular weight excluding hydrogens is 502 g/mol. The molecule has 4 rings (SSSR count). The number of carbonyl (C=O) groups excluding carboxylic acids is 4. The summed E-state index contributed by atoms with van der Waals surface area (Å²) < 4.78 is 10.3. The molecule has 0 unspecified atom stereocenters. The van der Waals surface area contributed by atoms with Gasteiger partial charge in [-0.3, -0.25) is 20.2 Å².